The zero-order valence-corrected chi connectivity index (χ0v) is 10.8. The van der Waals surface area contributed by atoms with Gasteiger partial charge in [0.15, 0.2) is 5.78 Å². The fourth-order valence-electron chi connectivity index (χ4n) is 2.56. The van der Waals surface area contributed by atoms with E-state index >= 15 is 0 Å². The van der Waals surface area contributed by atoms with Crippen LogP contribution in [0.4, 0.5) is 0 Å². The Morgan fingerprint density at radius 2 is 1.89 bits per heavy atom. The van der Waals surface area contributed by atoms with Gasteiger partial charge in [-0.25, -0.2) is 0 Å². The van der Waals surface area contributed by atoms with Crippen LogP contribution in [0.3, 0.4) is 0 Å². The number of aromatic nitrogens is 1. The molecular formula is C16H15NO2. The lowest BCUT2D eigenvalue weighted by atomic mass is 9.97. The van der Waals surface area contributed by atoms with E-state index in [0.29, 0.717) is 24.1 Å². The lowest BCUT2D eigenvalue weighted by molar-refractivity contribution is -0.114. The van der Waals surface area contributed by atoms with Crippen LogP contribution in [0.25, 0.3) is 11.3 Å². The summed E-state index contributed by atoms with van der Waals surface area (Å²) in [6.07, 6.45) is 0.439. The third-order valence-electron chi connectivity index (χ3n) is 3.58. The molecule has 3 nitrogen and oxygen atoms in total. The number of aliphatic hydroxyl groups is 1. The van der Waals surface area contributed by atoms with Gasteiger partial charge >= 0.3 is 0 Å². The Labute approximate surface area is 111 Å². The van der Waals surface area contributed by atoms with E-state index < -0.39 is 0 Å². The molecule has 19 heavy (non-hydrogen) atoms. The number of benzene rings is 1. The first-order chi connectivity index (χ1) is 9.18. The van der Waals surface area contributed by atoms with E-state index in [4.69, 9.17) is 0 Å². The summed E-state index contributed by atoms with van der Waals surface area (Å²) in [6, 6.07) is 13.1. The number of hydrogen-bond donors (Lipinski definition) is 1. The van der Waals surface area contributed by atoms with Crippen molar-refractivity contribution in [2.45, 2.75) is 19.9 Å². The average molecular weight is 253 g/mol. The second kappa shape index (κ2) is 4.43. The van der Waals surface area contributed by atoms with Gasteiger partial charge in [0.05, 0.1) is 11.3 Å². The topological polar surface area (TPSA) is 42.2 Å². The van der Waals surface area contributed by atoms with Gasteiger partial charge in [-0.1, -0.05) is 30.3 Å². The lowest BCUT2D eigenvalue weighted by Gasteiger charge is -2.20. The largest absolute Gasteiger partial charge is 0.506 e. The van der Waals surface area contributed by atoms with Crippen molar-refractivity contribution in [2.75, 3.05) is 0 Å². The van der Waals surface area contributed by atoms with Crippen molar-refractivity contribution in [3.8, 4) is 0 Å². The smallest absolute Gasteiger partial charge is 0.170 e. The summed E-state index contributed by atoms with van der Waals surface area (Å²) in [4.78, 5) is 12.1. The minimum Gasteiger partial charge on any atom is -0.506 e. The number of carbonyl (C=O) groups excluding carboxylic acids is 1. The van der Waals surface area contributed by atoms with Crippen molar-refractivity contribution in [1.82, 2.24) is 4.57 Å². The fraction of sp³-hybridized carbons (Fsp3) is 0.188. The molecule has 3 rings (SSSR count). The Morgan fingerprint density at radius 3 is 2.63 bits per heavy atom. The first-order valence-corrected chi connectivity index (χ1v) is 6.37. The van der Waals surface area contributed by atoms with Gasteiger partial charge in [0.1, 0.15) is 5.76 Å². The second-order valence-corrected chi connectivity index (χ2v) is 4.77. The van der Waals surface area contributed by atoms with E-state index in [0.717, 1.165) is 11.4 Å². The summed E-state index contributed by atoms with van der Waals surface area (Å²) in [5, 5.41) is 10.4. The quantitative estimate of drug-likeness (QED) is 0.626. The van der Waals surface area contributed by atoms with Crippen LogP contribution in [0, 0.1) is 6.92 Å². The number of nitrogens with zero attached hydrogens (tertiary/aromatic N) is 1. The van der Waals surface area contributed by atoms with Crippen molar-refractivity contribution < 1.29 is 9.90 Å². The van der Waals surface area contributed by atoms with E-state index in [-0.39, 0.29) is 11.5 Å². The zero-order chi connectivity index (χ0) is 13.4. The summed E-state index contributed by atoms with van der Waals surface area (Å²) >= 11 is 0. The normalized spacial score (nSPS) is 17.2. The number of Topliss-reactive ketones (excluding diaryl/α,β-unsaturated/α-hetero) is 1. The molecule has 0 atom stereocenters. The summed E-state index contributed by atoms with van der Waals surface area (Å²) in [6.45, 7) is 2.70. The maximum atomic E-state index is 12.1. The Balaban J connectivity index is 2.21. The highest BCUT2D eigenvalue weighted by Crippen LogP contribution is 2.31. The molecule has 0 saturated carbocycles. The maximum Gasteiger partial charge on any atom is 0.170 e. The molecule has 2 aromatic rings. The third-order valence-corrected chi connectivity index (χ3v) is 3.58. The SMILES string of the molecule is Cc1ccc2n1CCC(=O)/C2=C(/O)c1ccccc1. The predicted molar refractivity (Wildman–Crippen MR) is 74.7 cm³/mol. The molecule has 1 aliphatic heterocycles. The molecule has 0 bridgehead atoms. The van der Waals surface area contributed by atoms with Gasteiger partial charge in [0, 0.05) is 24.2 Å². The minimum absolute atomic E-state index is 0.00644. The van der Waals surface area contributed by atoms with Crippen molar-refractivity contribution in [3.05, 3.63) is 59.4 Å². The number of allylic oxidation sites excluding steroid dienone is 1. The molecule has 0 saturated heterocycles. The molecule has 0 fully saturated rings. The van der Waals surface area contributed by atoms with Gasteiger partial charge in [0.25, 0.3) is 0 Å². The van der Waals surface area contributed by atoms with E-state index in [1.807, 2.05) is 49.4 Å². The Bertz CT molecular complexity index is 665. The molecule has 3 heteroatoms. The molecule has 0 spiro atoms. The van der Waals surface area contributed by atoms with Crippen molar-refractivity contribution in [1.29, 1.82) is 0 Å². The average Bonchev–Trinajstić information content (AvgIpc) is 2.80. The van der Waals surface area contributed by atoms with Crippen molar-refractivity contribution >= 4 is 17.1 Å². The van der Waals surface area contributed by atoms with Crippen LogP contribution in [-0.2, 0) is 11.3 Å². The molecule has 0 unspecified atom stereocenters. The van der Waals surface area contributed by atoms with Crippen LogP contribution in [-0.4, -0.2) is 15.5 Å². The van der Waals surface area contributed by atoms with E-state index in [1.54, 1.807) is 0 Å². The van der Waals surface area contributed by atoms with Gasteiger partial charge in [0.2, 0.25) is 0 Å². The molecular weight excluding hydrogens is 238 g/mol. The number of rotatable bonds is 1. The number of aryl methyl sites for hydroxylation is 1. The minimum atomic E-state index is 0.00644. The van der Waals surface area contributed by atoms with Gasteiger partial charge in [-0.2, -0.15) is 0 Å². The predicted octanol–water partition coefficient (Wildman–Crippen LogP) is 3.20. The molecule has 1 aliphatic rings. The summed E-state index contributed by atoms with van der Waals surface area (Å²) in [7, 11) is 0. The van der Waals surface area contributed by atoms with Crippen LogP contribution in [0.15, 0.2) is 42.5 Å². The Morgan fingerprint density at radius 1 is 1.16 bits per heavy atom. The number of ketones is 1. The zero-order valence-electron chi connectivity index (χ0n) is 10.8. The molecule has 1 N–H and O–H groups in total. The van der Waals surface area contributed by atoms with Crippen LogP contribution >= 0.6 is 0 Å². The molecule has 1 aromatic carbocycles. The highest BCUT2D eigenvalue weighted by Gasteiger charge is 2.26. The first-order valence-electron chi connectivity index (χ1n) is 6.37. The van der Waals surface area contributed by atoms with Crippen LogP contribution in [0.2, 0.25) is 0 Å². The first kappa shape index (κ1) is 11.8. The monoisotopic (exact) mass is 253 g/mol. The fourth-order valence-corrected chi connectivity index (χ4v) is 2.56. The summed E-state index contributed by atoms with van der Waals surface area (Å²) in [5.41, 5.74) is 3.04. The maximum absolute atomic E-state index is 12.1. The molecule has 0 aliphatic carbocycles. The summed E-state index contributed by atoms with van der Waals surface area (Å²) < 4.78 is 2.08. The second-order valence-electron chi connectivity index (χ2n) is 4.77. The number of hydrogen-bond acceptors (Lipinski definition) is 2. The third kappa shape index (κ3) is 1.87. The highest BCUT2D eigenvalue weighted by atomic mass is 16.3. The Hall–Kier alpha value is -2.29. The number of aliphatic hydroxyl groups excluding tert-OH is 1. The summed E-state index contributed by atoms with van der Waals surface area (Å²) in [5.74, 6) is 0.0802. The van der Waals surface area contributed by atoms with E-state index in [9.17, 15) is 9.90 Å². The molecule has 0 radical (unpaired) electrons. The van der Waals surface area contributed by atoms with Crippen LogP contribution in [0.1, 0.15) is 23.4 Å². The van der Waals surface area contributed by atoms with Gasteiger partial charge in [-0.05, 0) is 19.1 Å². The van der Waals surface area contributed by atoms with Crippen LogP contribution in [0.5, 0.6) is 0 Å². The van der Waals surface area contributed by atoms with Gasteiger partial charge in [-0.3, -0.25) is 4.79 Å². The molecule has 0 amide bonds. The van der Waals surface area contributed by atoms with Crippen molar-refractivity contribution in [2.24, 2.45) is 0 Å². The Kier molecular flexibility index (Phi) is 2.75. The van der Waals surface area contributed by atoms with E-state index in [1.165, 1.54) is 0 Å². The standard InChI is InChI=1S/C16H15NO2/c1-11-7-8-13-15(14(18)9-10-17(11)13)16(19)12-5-3-2-4-6-12/h2-8,19H,9-10H2,1H3/b16-15+. The molecule has 2 heterocycles. The molecule has 96 valence electrons. The lowest BCUT2D eigenvalue weighted by Crippen LogP contribution is -2.19. The number of fused-ring (bicyclic) bond motifs is 1. The van der Waals surface area contributed by atoms with Crippen LogP contribution < -0.4 is 0 Å². The van der Waals surface area contributed by atoms with Crippen molar-refractivity contribution in [3.63, 3.8) is 0 Å². The number of carbonyl (C=O) groups is 1. The van der Waals surface area contributed by atoms with Gasteiger partial charge < -0.3 is 9.67 Å². The highest BCUT2D eigenvalue weighted by molar-refractivity contribution is 6.27. The van der Waals surface area contributed by atoms with Gasteiger partial charge in [-0.15, -0.1) is 0 Å². The molecule has 1 aromatic heterocycles. The van der Waals surface area contributed by atoms with E-state index in [2.05, 4.69) is 4.57 Å².